The molecule has 0 saturated heterocycles. The standard InChI is InChI=1S/C24H37N/c1-3-5-6-7-9-21-10-12-22(13-11-21)18-24(19-25)23-16-14-20(8-4-2)15-17-23/h10-13,20,23-24H,3-9,14-18H2,1-2H3/t20-,23-,24?. The van der Waals surface area contributed by atoms with E-state index in [0.29, 0.717) is 5.92 Å². The van der Waals surface area contributed by atoms with E-state index >= 15 is 0 Å². The Morgan fingerprint density at radius 1 is 0.920 bits per heavy atom. The molecule has 0 N–H and O–H groups in total. The smallest absolute Gasteiger partial charge is 0.0662 e. The van der Waals surface area contributed by atoms with Crippen LogP contribution in [-0.4, -0.2) is 0 Å². The van der Waals surface area contributed by atoms with Gasteiger partial charge in [-0.2, -0.15) is 5.26 Å². The maximum Gasteiger partial charge on any atom is 0.0662 e. The lowest BCUT2D eigenvalue weighted by molar-refractivity contribution is 0.223. The Balaban J connectivity index is 1.80. The zero-order valence-electron chi connectivity index (χ0n) is 16.5. The lowest BCUT2D eigenvalue weighted by atomic mass is 9.73. The van der Waals surface area contributed by atoms with Crippen LogP contribution in [0.4, 0.5) is 0 Å². The molecule has 1 nitrogen and oxygen atoms in total. The molecule has 1 saturated carbocycles. The SMILES string of the molecule is CCCCCCc1ccc(CC(C#N)[C@H]2CC[C@H](CCC)CC2)cc1. The average Bonchev–Trinajstić information content (AvgIpc) is 2.65. The highest BCUT2D eigenvalue weighted by Gasteiger charge is 2.27. The minimum absolute atomic E-state index is 0.206. The van der Waals surface area contributed by atoms with E-state index in [1.807, 2.05) is 0 Å². The van der Waals surface area contributed by atoms with Crippen LogP contribution < -0.4 is 0 Å². The number of nitrogens with zero attached hydrogens (tertiary/aromatic N) is 1. The van der Waals surface area contributed by atoms with Crippen LogP contribution in [0.1, 0.15) is 89.2 Å². The van der Waals surface area contributed by atoms with E-state index in [-0.39, 0.29) is 5.92 Å². The van der Waals surface area contributed by atoms with Crippen molar-refractivity contribution in [3.05, 3.63) is 35.4 Å². The molecule has 1 atom stereocenters. The molecular weight excluding hydrogens is 302 g/mol. The van der Waals surface area contributed by atoms with E-state index in [1.165, 1.54) is 81.8 Å². The van der Waals surface area contributed by atoms with Crippen LogP contribution in [0.25, 0.3) is 0 Å². The summed E-state index contributed by atoms with van der Waals surface area (Å²) in [6, 6.07) is 11.7. The summed E-state index contributed by atoms with van der Waals surface area (Å²) in [5.74, 6) is 1.75. The number of hydrogen-bond donors (Lipinski definition) is 0. The Morgan fingerprint density at radius 2 is 1.60 bits per heavy atom. The van der Waals surface area contributed by atoms with E-state index in [4.69, 9.17) is 0 Å². The van der Waals surface area contributed by atoms with Crippen molar-refractivity contribution in [2.75, 3.05) is 0 Å². The summed E-state index contributed by atoms with van der Waals surface area (Å²) in [7, 11) is 0. The van der Waals surface area contributed by atoms with Crippen LogP contribution in [0.5, 0.6) is 0 Å². The maximum atomic E-state index is 9.68. The second-order valence-corrected chi connectivity index (χ2v) is 8.14. The van der Waals surface area contributed by atoms with Gasteiger partial charge in [0, 0.05) is 0 Å². The summed E-state index contributed by atoms with van der Waals surface area (Å²) in [4.78, 5) is 0. The number of aryl methyl sites for hydroxylation is 1. The number of rotatable bonds is 10. The van der Waals surface area contributed by atoms with Gasteiger partial charge in [0.1, 0.15) is 0 Å². The highest BCUT2D eigenvalue weighted by atomic mass is 14.4. The number of hydrogen-bond acceptors (Lipinski definition) is 1. The van der Waals surface area contributed by atoms with E-state index in [0.717, 1.165) is 12.3 Å². The van der Waals surface area contributed by atoms with Crippen LogP contribution in [0, 0.1) is 29.1 Å². The molecule has 0 aromatic heterocycles. The zero-order chi connectivity index (χ0) is 17.9. The fourth-order valence-corrected chi connectivity index (χ4v) is 4.46. The predicted molar refractivity (Wildman–Crippen MR) is 107 cm³/mol. The first kappa shape index (κ1) is 20.0. The molecule has 1 aromatic carbocycles. The molecular formula is C24H37N. The van der Waals surface area contributed by atoms with Crippen LogP contribution in [0.3, 0.4) is 0 Å². The van der Waals surface area contributed by atoms with Gasteiger partial charge in [0.25, 0.3) is 0 Å². The molecule has 0 amide bonds. The van der Waals surface area contributed by atoms with E-state index < -0.39 is 0 Å². The molecule has 1 aromatic rings. The molecule has 0 bridgehead atoms. The zero-order valence-corrected chi connectivity index (χ0v) is 16.5. The van der Waals surface area contributed by atoms with E-state index in [1.54, 1.807) is 0 Å². The third-order valence-corrected chi connectivity index (χ3v) is 6.12. The van der Waals surface area contributed by atoms with Crippen LogP contribution in [-0.2, 0) is 12.8 Å². The molecule has 1 aliphatic carbocycles. The predicted octanol–water partition coefficient (Wildman–Crippen LogP) is 7.10. The van der Waals surface area contributed by atoms with Crippen molar-refractivity contribution in [2.24, 2.45) is 17.8 Å². The molecule has 0 heterocycles. The minimum atomic E-state index is 0.206. The Morgan fingerprint density at radius 3 is 2.20 bits per heavy atom. The summed E-state index contributed by atoms with van der Waals surface area (Å²) in [6.07, 6.45) is 15.3. The highest BCUT2D eigenvalue weighted by molar-refractivity contribution is 5.24. The van der Waals surface area contributed by atoms with Gasteiger partial charge in [-0.25, -0.2) is 0 Å². The van der Waals surface area contributed by atoms with Gasteiger partial charge in [-0.3, -0.25) is 0 Å². The van der Waals surface area contributed by atoms with Crippen molar-refractivity contribution in [3.8, 4) is 6.07 Å². The maximum absolute atomic E-state index is 9.68. The van der Waals surface area contributed by atoms with Crippen molar-refractivity contribution in [1.29, 1.82) is 5.26 Å². The first-order chi connectivity index (χ1) is 12.3. The topological polar surface area (TPSA) is 23.8 Å². The fraction of sp³-hybridized carbons (Fsp3) is 0.708. The van der Waals surface area contributed by atoms with Gasteiger partial charge in [0.05, 0.1) is 12.0 Å². The Bertz CT molecular complexity index is 502. The van der Waals surface area contributed by atoms with Crippen molar-refractivity contribution >= 4 is 0 Å². The van der Waals surface area contributed by atoms with Gasteiger partial charge in [-0.1, -0.05) is 83.1 Å². The number of benzene rings is 1. The molecule has 0 spiro atoms. The van der Waals surface area contributed by atoms with Crippen molar-refractivity contribution in [2.45, 2.75) is 90.9 Å². The third-order valence-electron chi connectivity index (χ3n) is 6.12. The van der Waals surface area contributed by atoms with E-state index in [9.17, 15) is 5.26 Å². The molecule has 1 aliphatic rings. The first-order valence-electron chi connectivity index (χ1n) is 10.7. The average molecular weight is 340 g/mol. The molecule has 138 valence electrons. The quantitative estimate of drug-likeness (QED) is 0.417. The molecule has 0 radical (unpaired) electrons. The van der Waals surface area contributed by atoms with Gasteiger partial charge in [-0.05, 0) is 55.1 Å². The van der Waals surface area contributed by atoms with Crippen LogP contribution in [0.15, 0.2) is 24.3 Å². The van der Waals surface area contributed by atoms with Crippen molar-refractivity contribution < 1.29 is 0 Å². The summed E-state index contributed by atoms with van der Waals surface area (Å²) < 4.78 is 0. The van der Waals surface area contributed by atoms with Crippen LogP contribution in [0.2, 0.25) is 0 Å². The molecule has 1 unspecified atom stereocenters. The summed E-state index contributed by atoms with van der Waals surface area (Å²) in [6.45, 7) is 4.55. The first-order valence-corrected chi connectivity index (χ1v) is 10.7. The largest absolute Gasteiger partial charge is 0.198 e. The van der Waals surface area contributed by atoms with E-state index in [2.05, 4.69) is 44.2 Å². The minimum Gasteiger partial charge on any atom is -0.198 e. The summed E-state index contributed by atoms with van der Waals surface area (Å²) in [5, 5.41) is 9.68. The third kappa shape index (κ3) is 6.85. The van der Waals surface area contributed by atoms with Gasteiger partial charge < -0.3 is 0 Å². The Kier molecular flexibility index (Phi) is 9.09. The molecule has 1 fully saturated rings. The van der Waals surface area contributed by atoms with Crippen molar-refractivity contribution in [1.82, 2.24) is 0 Å². The molecule has 1 heteroatoms. The van der Waals surface area contributed by atoms with Crippen LogP contribution >= 0.6 is 0 Å². The summed E-state index contributed by atoms with van der Waals surface area (Å²) in [5.41, 5.74) is 2.80. The Hall–Kier alpha value is -1.29. The monoisotopic (exact) mass is 339 g/mol. The number of unbranched alkanes of at least 4 members (excludes halogenated alkanes) is 3. The molecule has 25 heavy (non-hydrogen) atoms. The van der Waals surface area contributed by atoms with Gasteiger partial charge >= 0.3 is 0 Å². The van der Waals surface area contributed by atoms with Gasteiger partial charge in [0.2, 0.25) is 0 Å². The summed E-state index contributed by atoms with van der Waals surface area (Å²) >= 11 is 0. The second-order valence-electron chi connectivity index (χ2n) is 8.14. The normalized spacial score (nSPS) is 21.6. The molecule has 2 rings (SSSR count). The van der Waals surface area contributed by atoms with Gasteiger partial charge in [-0.15, -0.1) is 0 Å². The fourth-order valence-electron chi connectivity index (χ4n) is 4.46. The number of nitriles is 1. The highest BCUT2D eigenvalue weighted by Crippen LogP contribution is 2.36. The molecule has 0 aliphatic heterocycles. The van der Waals surface area contributed by atoms with Crippen molar-refractivity contribution in [3.63, 3.8) is 0 Å². The Labute approximate surface area is 155 Å². The second kappa shape index (κ2) is 11.3. The lowest BCUT2D eigenvalue weighted by Gasteiger charge is -2.31. The van der Waals surface area contributed by atoms with Gasteiger partial charge in [0.15, 0.2) is 0 Å². The lowest BCUT2D eigenvalue weighted by Crippen LogP contribution is -2.22.